The summed E-state index contributed by atoms with van der Waals surface area (Å²) in [5, 5.41) is 0. The molecule has 0 aromatic heterocycles. The van der Waals surface area contributed by atoms with Gasteiger partial charge in [-0.3, -0.25) is 0 Å². The summed E-state index contributed by atoms with van der Waals surface area (Å²) in [4.78, 5) is -0.474. The second kappa shape index (κ2) is 8.50. The van der Waals surface area contributed by atoms with Gasteiger partial charge in [-0.15, -0.1) is 36.4 Å². The van der Waals surface area contributed by atoms with E-state index in [0.717, 1.165) is 18.8 Å². The lowest BCUT2D eigenvalue weighted by Crippen LogP contribution is -2.36. The zero-order valence-electron chi connectivity index (χ0n) is 16.9. The van der Waals surface area contributed by atoms with Gasteiger partial charge in [-0.25, -0.2) is 0 Å². The van der Waals surface area contributed by atoms with Crippen molar-refractivity contribution >= 4 is 23.2 Å². The quantitative estimate of drug-likeness (QED) is 0.308. The third-order valence-electron chi connectivity index (χ3n) is 7.85. The van der Waals surface area contributed by atoms with Gasteiger partial charge in [0.15, 0.2) is 0 Å². The molecule has 0 bridgehead atoms. The summed E-state index contributed by atoms with van der Waals surface area (Å²) < 4.78 is 0. The van der Waals surface area contributed by atoms with Crippen molar-refractivity contribution in [1.82, 2.24) is 0 Å². The van der Waals surface area contributed by atoms with Crippen molar-refractivity contribution in [2.24, 2.45) is 28.6 Å². The van der Waals surface area contributed by atoms with Crippen LogP contribution in [0.4, 0.5) is 0 Å². The molecule has 3 aliphatic rings. The van der Waals surface area contributed by atoms with Crippen molar-refractivity contribution in [3.63, 3.8) is 0 Å². The Kier molecular flexibility index (Phi) is 6.69. The van der Waals surface area contributed by atoms with Gasteiger partial charge < -0.3 is 0 Å². The number of hydrogen-bond acceptors (Lipinski definition) is 0. The van der Waals surface area contributed by atoms with Crippen LogP contribution in [-0.4, -0.2) is 10.8 Å². The van der Waals surface area contributed by atoms with Gasteiger partial charge >= 0.3 is 0 Å². The highest BCUT2D eigenvalue weighted by atomic mass is 35.5. The molecule has 0 saturated heterocycles. The number of hydrogen-bond donors (Lipinski definition) is 0. The fourth-order valence-corrected chi connectivity index (χ4v) is 6.91. The Morgan fingerprint density at radius 3 is 2.56 bits per heavy atom. The predicted octanol–water partition coefficient (Wildman–Crippen LogP) is 8.08. The molecular formula is C25H36Cl2. The molecular weight excluding hydrogens is 371 g/mol. The van der Waals surface area contributed by atoms with E-state index in [9.17, 15) is 0 Å². The number of rotatable bonds is 6. The molecule has 3 rings (SSSR count). The molecule has 6 unspecified atom stereocenters. The molecule has 2 heteroatoms. The molecule has 6 atom stereocenters. The minimum Gasteiger partial charge on any atom is -0.124 e. The first kappa shape index (κ1) is 21.3. The number of halogens is 2. The van der Waals surface area contributed by atoms with E-state index >= 15 is 0 Å². The normalized spacial score (nSPS) is 40.8. The van der Waals surface area contributed by atoms with Gasteiger partial charge in [0.05, 0.1) is 4.87 Å². The Labute approximate surface area is 176 Å². The smallest absolute Gasteiger partial charge is 0.0763 e. The summed E-state index contributed by atoms with van der Waals surface area (Å²) in [5.74, 6) is 2.59. The van der Waals surface area contributed by atoms with Crippen LogP contribution in [0.1, 0.15) is 64.7 Å². The summed E-state index contributed by atoms with van der Waals surface area (Å²) in [6.45, 7) is 10.5. The lowest BCUT2D eigenvalue weighted by Gasteiger charge is -2.44. The second-order valence-corrected chi connectivity index (χ2v) is 10.8. The molecule has 0 N–H and O–H groups in total. The number of alkyl halides is 2. The second-order valence-electron chi connectivity index (χ2n) is 9.78. The molecule has 0 aliphatic heterocycles. The highest BCUT2D eigenvalue weighted by Gasteiger charge is 2.52. The van der Waals surface area contributed by atoms with Crippen molar-refractivity contribution in [2.75, 3.05) is 5.88 Å². The van der Waals surface area contributed by atoms with Crippen LogP contribution in [0.15, 0.2) is 49.6 Å². The molecule has 27 heavy (non-hydrogen) atoms. The monoisotopic (exact) mass is 406 g/mol. The first-order valence-electron chi connectivity index (χ1n) is 10.7. The van der Waals surface area contributed by atoms with Crippen molar-refractivity contribution in [3.8, 4) is 0 Å². The summed E-state index contributed by atoms with van der Waals surface area (Å²) in [6.07, 6.45) is 24.7. The summed E-state index contributed by atoms with van der Waals surface area (Å²) >= 11 is 13.0. The SMILES string of the molecule is C=CCC1C2C=CC=CC2CC12CCCCC(C)(CC(Cl)(C=C)CCl)CC2. The van der Waals surface area contributed by atoms with Crippen LogP contribution in [0, 0.1) is 28.6 Å². The third-order valence-corrected chi connectivity index (χ3v) is 8.89. The van der Waals surface area contributed by atoms with Gasteiger partial charge in [-0.1, -0.05) is 56.2 Å². The molecule has 150 valence electrons. The standard InChI is InChI=1S/C25H36Cl2/c1-4-10-22-21-12-7-6-11-20(21)17-24(22)14-9-8-13-23(3,15-16-24)18-25(27,5-2)19-26/h4-7,11-12,20-22H,1-2,8-10,13-19H2,3H3. The van der Waals surface area contributed by atoms with Gasteiger partial charge in [-0.2, -0.15) is 0 Å². The predicted molar refractivity (Wildman–Crippen MR) is 121 cm³/mol. The summed E-state index contributed by atoms with van der Waals surface area (Å²) in [7, 11) is 0. The molecule has 0 amide bonds. The largest absolute Gasteiger partial charge is 0.124 e. The third kappa shape index (κ3) is 4.43. The maximum absolute atomic E-state index is 6.77. The molecule has 0 heterocycles. The van der Waals surface area contributed by atoms with Crippen molar-refractivity contribution < 1.29 is 0 Å². The molecule has 0 radical (unpaired) electrons. The lowest BCUT2D eigenvalue weighted by molar-refractivity contribution is 0.0852. The van der Waals surface area contributed by atoms with Crippen LogP contribution in [0.25, 0.3) is 0 Å². The molecule has 2 fully saturated rings. The topological polar surface area (TPSA) is 0 Å². The molecule has 0 nitrogen and oxygen atoms in total. The average Bonchev–Trinajstić information content (AvgIpc) is 2.97. The van der Waals surface area contributed by atoms with Crippen molar-refractivity contribution in [1.29, 1.82) is 0 Å². The van der Waals surface area contributed by atoms with Gasteiger partial charge in [0.25, 0.3) is 0 Å². The highest BCUT2D eigenvalue weighted by Crippen LogP contribution is 2.61. The van der Waals surface area contributed by atoms with E-state index in [1.165, 1.54) is 44.9 Å². The Morgan fingerprint density at radius 1 is 1.11 bits per heavy atom. The average molecular weight is 407 g/mol. The van der Waals surface area contributed by atoms with Gasteiger partial charge in [0, 0.05) is 5.88 Å². The minimum atomic E-state index is -0.474. The Bertz CT molecular complexity index is 605. The maximum Gasteiger partial charge on any atom is 0.0763 e. The zero-order valence-corrected chi connectivity index (χ0v) is 18.4. The van der Waals surface area contributed by atoms with Crippen LogP contribution < -0.4 is 0 Å². The van der Waals surface area contributed by atoms with Crippen molar-refractivity contribution in [2.45, 2.75) is 69.6 Å². The maximum atomic E-state index is 6.77. The van der Waals surface area contributed by atoms with E-state index in [-0.39, 0.29) is 5.41 Å². The van der Waals surface area contributed by atoms with Crippen LogP contribution >= 0.6 is 23.2 Å². The van der Waals surface area contributed by atoms with Crippen LogP contribution in [0.2, 0.25) is 0 Å². The molecule has 3 aliphatic carbocycles. The molecule has 0 aromatic rings. The summed E-state index contributed by atoms with van der Waals surface area (Å²) in [5.41, 5.74) is 0.699. The fraction of sp³-hybridized carbons (Fsp3) is 0.680. The first-order valence-corrected chi connectivity index (χ1v) is 11.6. The van der Waals surface area contributed by atoms with Crippen molar-refractivity contribution in [3.05, 3.63) is 49.6 Å². The number of fused-ring (bicyclic) bond motifs is 1. The van der Waals surface area contributed by atoms with Crippen LogP contribution in [-0.2, 0) is 0 Å². The molecule has 1 spiro atoms. The van der Waals surface area contributed by atoms with Gasteiger partial charge in [0.1, 0.15) is 0 Å². The highest BCUT2D eigenvalue weighted by molar-refractivity contribution is 6.31. The zero-order chi connectivity index (χ0) is 19.5. The van der Waals surface area contributed by atoms with E-state index < -0.39 is 4.87 Å². The minimum absolute atomic E-state index is 0.246. The number of allylic oxidation sites excluding steroid dienone is 6. The van der Waals surface area contributed by atoms with Crippen LogP contribution in [0.5, 0.6) is 0 Å². The Hall–Kier alpha value is -0.460. The van der Waals surface area contributed by atoms with Gasteiger partial charge in [0.2, 0.25) is 0 Å². The van der Waals surface area contributed by atoms with Crippen LogP contribution in [0.3, 0.4) is 0 Å². The van der Waals surface area contributed by atoms with E-state index in [1.54, 1.807) is 0 Å². The van der Waals surface area contributed by atoms with E-state index in [1.807, 2.05) is 6.08 Å². The van der Waals surface area contributed by atoms with Gasteiger partial charge in [-0.05, 0) is 73.5 Å². The molecule has 2 saturated carbocycles. The Balaban J connectivity index is 1.82. The molecule has 0 aromatic carbocycles. The lowest BCUT2D eigenvalue weighted by atomic mass is 9.62. The Morgan fingerprint density at radius 2 is 1.85 bits per heavy atom. The summed E-state index contributed by atoms with van der Waals surface area (Å²) in [6, 6.07) is 0. The van der Waals surface area contributed by atoms with E-state index in [4.69, 9.17) is 23.2 Å². The first-order chi connectivity index (χ1) is 12.9. The fourth-order valence-electron chi connectivity index (χ4n) is 6.39. The van der Waals surface area contributed by atoms with E-state index in [0.29, 0.717) is 23.1 Å². The van der Waals surface area contributed by atoms with E-state index in [2.05, 4.69) is 50.5 Å².